The average Bonchev–Trinajstić information content (AvgIpc) is 2.45. The van der Waals surface area contributed by atoms with Gasteiger partial charge in [-0.1, -0.05) is 0 Å². The maximum Gasteiger partial charge on any atom is 0.299 e. The lowest BCUT2D eigenvalue weighted by atomic mass is 10.0. The Bertz CT molecular complexity index is 888. The molecule has 0 unspecified atom stereocenters. The smallest absolute Gasteiger partial charge is 0.299 e. The highest BCUT2D eigenvalue weighted by molar-refractivity contribution is 6.08. The number of anilines is 1. The van der Waals surface area contributed by atoms with E-state index in [2.05, 4.69) is 0 Å². The zero-order valence-electron chi connectivity index (χ0n) is 10.9. The van der Waals surface area contributed by atoms with Gasteiger partial charge in [0.2, 0.25) is 0 Å². The minimum atomic E-state index is -1.06. The number of nitrogens with zero attached hydrogens (tertiary/aromatic N) is 4. The molecule has 2 N–H and O–H groups in total. The average molecular weight is 323 g/mol. The van der Waals surface area contributed by atoms with Gasteiger partial charge in [-0.2, -0.15) is 0 Å². The molecule has 0 atom stereocenters. The molecule has 23 heavy (non-hydrogen) atoms. The van der Waals surface area contributed by atoms with Gasteiger partial charge in [0.1, 0.15) is 11.1 Å². The molecule has 0 saturated heterocycles. The van der Waals surface area contributed by atoms with Crippen molar-refractivity contribution >= 4 is 39.2 Å². The first-order valence-corrected chi connectivity index (χ1v) is 5.63. The molecule has 0 aliphatic rings. The maximum absolute atomic E-state index is 11.1. The van der Waals surface area contributed by atoms with Gasteiger partial charge in [0.15, 0.2) is 0 Å². The van der Waals surface area contributed by atoms with E-state index >= 15 is 0 Å². The summed E-state index contributed by atoms with van der Waals surface area (Å²) in [4.78, 5) is 39.8. The van der Waals surface area contributed by atoms with Gasteiger partial charge in [-0.15, -0.1) is 0 Å². The normalized spacial score (nSPS) is 10.4. The highest BCUT2D eigenvalue weighted by atomic mass is 16.6. The lowest BCUT2D eigenvalue weighted by Crippen LogP contribution is -2.03. The number of nitrogen functional groups attached to an aromatic ring is 1. The fourth-order valence-corrected chi connectivity index (χ4v) is 2.06. The Morgan fingerprint density at radius 1 is 0.696 bits per heavy atom. The van der Waals surface area contributed by atoms with Crippen molar-refractivity contribution in [2.75, 3.05) is 5.73 Å². The number of benzene rings is 2. The molecule has 0 aliphatic heterocycles. The van der Waals surface area contributed by atoms with Gasteiger partial charge in [0.25, 0.3) is 22.7 Å². The predicted molar refractivity (Wildman–Crippen MR) is 75.0 cm³/mol. The fraction of sp³-hybridized carbons (Fsp3) is 0. The van der Waals surface area contributed by atoms with Gasteiger partial charge in [0.05, 0.1) is 31.8 Å². The Labute approximate surface area is 124 Å². The zero-order valence-corrected chi connectivity index (χ0v) is 10.9. The molecule has 0 spiro atoms. The van der Waals surface area contributed by atoms with E-state index in [1.807, 2.05) is 0 Å². The first-order chi connectivity index (χ1) is 10.6. The van der Waals surface area contributed by atoms with E-state index in [0.717, 1.165) is 6.07 Å². The van der Waals surface area contributed by atoms with E-state index in [9.17, 15) is 40.5 Å². The van der Waals surface area contributed by atoms with Crippen LogP contribution in [-0.4, -0.2) is 19.7 Å². The molecule has 0 bridgehead atoms. The summed E-state index contributed by atoms with van der Waals surface area (Å²) in [5, 5.41) is 42.8. The van der Waals surface area contributed by atoms with Gasteiger partial charge in [-0.25, -0.2) is 0 Å². The Morgan fingerprint density at radius 3 is 1.61 bits per heavy atom. The van der Waals surface area contributed by atoms with Gasteiger partial charge >= 0.3 is 0 Å². The van der Waals surface area contributed by atoms with E-state index in [0.29, 0.717) is 12.1 Å². The quantitative estimate of drug-likeness (QED) is 0.496. The van der Waals surface area contributed by atoms with Crippen LogP contribution in [0.2, 0.25) is 0 Å². The maximum atomic E-state index is 11.1. The van der Waals surface area contributed by atoms with E-state index < -0.39 is 58.9 Å². The number of nitro benzene ring substituents is 4. The summed E-state index contributed by atoms with van der Waals surface area (Å²) in [7, 11) is 0. The molecule has 13 heteroatoms. The number of hydrogen-bond donors (Lipinski definition) is 1. The Balaban J connectivity index is 3.14. The zero-order chi connectivity index (χ0) is 17.5. The molecule has 2 aromatic carbocycles. The molecule has 2 rings (SSSR count). The second-order valence-corrected chi connectivity index (χ2v) is 4.24. The second-order valence-electron chi connectivity index (χ2n) is 4.24. The molecule has 0 amide bonds. The lowest BCUT2D eigenvalue weighted by molar-refractivity contribution is -0.397. The van der Waals surface area contributed by atoms with Crippen molar-refractivity contribution in [2.45, 2.75) is 0 Å². The minimum Gasteiger partial charge on any atom is -0.393 e. The van der Waals surface area contributed by atoms with Gasteiger partial charge < -0.3 is 5.73 Å². The second kappa shape index (κ2) is 5.14. The highest BCUT2D eigenvalue weighted by Gasteiger charge is 2.32. The molecule has 0 radical (unpaired) electrons. The van der Waals surface area contributed by atoms with Crippen LogP contribution in [0.25, 0.3) is 10.8 Å². The Hall–Kier alpha value is -3.90. The van der Waals surface area contributed by atoms with Gasteiger partial charge in [0, 0.05) is 11.5 Å². The van der Waals surface area contributed by atoms with Crippen LogP contribution < -0.4 is 5.73 Å². The molecule has 13 nitrogen and oxygen atoms in total. The summed E-state index contributed by atoms with van der Waals surface area (Å²) in [6, 6.07) is 1.73. The molecule has 118 valence electrons. The summed E-state index contributed by atoms with van der Waals surface area (Å²) in [5.74, 6) is 0. The van der Waals surface area contributed by atoms with E-state index in [1.165, 1.54) is 0 Å². The van der Waals surface area contributed by atoms with Crippen molar-refractivity contribution in [1.29, 1.82) is 0 Å². The van der Waals surface area contributed by atoms with Crippen molar-refractivity contribution in [3.8, 4) is 0 Å². The largest absolute Gasteiger partial charge is 0.393 e. The monoisotopic (exact) mass is 323 g/mol. The number of non-ortho nitro benzene ring substituents is 3. The number of fused-ring (bicyclic) bond motifs is 1. The number of rotatable bonds is 4. The van der Waals surface area contributed by atoms with E-state index in [4.69, 9.17) is 5.73 Å². The van der Waals surface area contributed by atoms with Crippen LogP contribution in [0, 0.1) is 40.5 Å². The molecule has 0 saturated carbocycles. The number of hydrogen-bond acceptors (Lipinski definition) is 9. The summed E-state index contributed by atoms with van der Waals surface area (Å²) in [6.45, 7) is 0. The molecular formula is C10H5N5O8. The molecule has 0 aliphatic carbocycles. The predicted octanol–water partition coefficient (Wildman–Crippen LogP) is 2.05. The first-order valence-electron chi connectivity index (χ1n) is 5.63. The van der Waals surface area contributed by atoms with E-state index in [1.54, 1.807) is 0 Å². The van der Waals surface area contributed by atoms with Crippen LogP contribution in [0.5, 0.6) is 0 Å². The van der Waals surface area contributed by atoms with Crippen LogP contribution >= 0.6 is 0 Å². The summed E-state index contributed by atoms with van der Waals surface area (Å²) in [5.41, 5.74) is 1.35. The number of nitro groups is 4. The summed E-state index contributed by atoms with van der Waals surface area (Å²) in [6.07, 6.45) is 0. The molecular weight excluding hydrogens is 318 g/mol. The first kappa shape index (κ1) is 15.5. The van der Waals surface area contributed by atoms with E-state index in [-0.39, 0.29) is 0 Å². The third-order valence-electron chi connectivity index (χ3n) is 3.00. The van der Waals surface area contributed by atoms with Crippen molar-refractivity contribution in [2.24, 2.45) is 0 Å². The highest BCUT2D eigenvalue weighted by Crippen LogP contribution is 2.43. The summed E-state index contributed by atoms with van der Waals surface area (Å²) >= 11 is 0. The minimum absolute atomic E-state index is 0.483. The third kappa shape index (κ3) is 2.41. The van der Waals surface area contributed by atoms with Crippen LogP contribution in [0.15, 0.2) is 18.2 Å². The SMILES string of the molecule is Nc1c([N+](=O)[O-])cc([N+](=O)[O-])c2c([N+](=O)[O-])cc([N+](=O)[O-])cc12. The lowest BCUT2D eigenvalue weighted by Gasteiger charge is -2.05. The molecule has 0 heterocycles. The molecule has 0 aromatic heterocycles. The van der Waals surface area contributed by atoms with Crippen LogP contribution in [-0.2, 0) is 0 Å². The van der Waals surface area contributed by atoms with Crippen LogP contribution in [0.3, 0.4) is 0 Å². The number of nitrogens with two attached hydrogens (primary N) is 1. The van der Waals surface area contributed by atoms with Gasteiger partial charge in [-0.05, 0) is 0 Å². The van der Waals surface area contributed by atoms with Crippen molar-refractivity contribution in [3.05, 3.63) is 58.7 Å². The van der Waals surface area contributed by atoms with Crippen LogP contribution in [0.1, 0.15) is 0 Å². The molecule has 2 aromatic rings. The Kier molecular flexibility index (Phi) is 3.46. The van der Waals surface area contributed by atoms with Crippen molar-refractivity contribution < 1.29 is 19.7 Å². The fourth-order valence-electron chi connectivity index (χ4n) is 2.06. The van der Waals surface area contributed by atoms with Crippen LogP contribution in [0.4, 0.5) is 28.4 Å². The third-order valence-corrected chi connectivity index (χ3v) is 3.00. The molecule has 0 fully saturated rings. The van der Waals surface area contributed by atoms with Crippen molar-refractivity contribution in [1.82, 2.24) is 0 Å². The van der Waals surface area contributed by atoms with Gasteiger partial charge in [-0.3, -0.25) is 40.5 Å². The summed E-state index contributed by atoms with van der Waals surface area (Å²) < 4.78 is 0. The standard InChI is InChI=1S/C10H5N5O8/c11-10-5-1-4(12(16)17)2-6(13(18)19)9(5)7(14(20)21)3-8(10)15(22)23/h1-3H,11H2. The Morgan fingerprint density at radius 2 is 1.17 bits per heavy atom. The topological polar surface area (TPSA) is 199 Å². The van der Waals surface area contributed by atoms with Crippen molar-refractivity contribution in [3.63, 3.8) is 0 Å².